The molecule has 1 unspecified atom stereocenters. The van der Waals surface area contributed by atoms with Gasteiger partial charge < -0.3 is 9.80 Å². The van der Waals surface area contributed by atoms with E-state index >= 15 is 0 Å². The first-order valence-electron chi connectivity index (χ1n) is 8.28. The van der Waals surface area contributed by atoms with Crippen molar-refractivity contribution < 1.29 is 9.18 Å². The summed E-state index contributed by atoms with van der Waals surface area (Å²) in [7, 11) is 0. The van der Waals surface area contributed by atoms with Gasteiger partial charge in [-0.05, 0) is 25.0 Å². The molecule has 3 heterocycles. The van der Waals surface area contributed by atoms with Crippen LogP contribution in [0.25, 0.3) is 10.9 Å². The van der Waals surface area contributed by atoms with Gasteiger partial charge in [-0.15, -0.1) is 0 Å². The molecule has 2 fully saturated rings. The molecule has 4 rings (SSSR count). The number of rotatable bonds is 2. The summed E-state index contributed by atoms with van der Waals surface area (Å²) >= 11 is 1.88. The zero-order valence-corrected chi connectivity index (χ0v) is 14.1. The Morgan fingerprint density at radius 1 is 1.21 bits per heavy atom. The van der Waals surface area contributed by atoms with Gasteiger partial charge in [0.2, 0.25) is 5.91 Å². The second-order valence-corrected chi connectivity index (χ2v) is 7.35. The number of nitrogens with zero attached hydrogens (tertiary/aromatic N) is 4. The number of anilines is 1. The molecule has 24 heavy (non-hydrogen) atoms. The van der Waals surface area contributed by atoms with Crippen LogP contribution < -0.4 is 4.90 Å². The van der Waals surface area contributed by atoms with Crippen LogP contribution in [0.3, 0.4) is 0 Å². The maximum Gasteiger partial charge on any atom is 0.245 e. The maximum absolute atomic E-state index is 14.4. The minimum atomic E-state index is -0.337. The van der Waals surface area contributed by atoms with E-state index in [1.54, 1.807) is 12.1 Å². The smallest absolute Gasteiger partial charge is 0.245 e. The molecule has 0 saturated carbocycles. The first-order valence-corrected chi connectivity index (χ1v) is 9.43. The molecule has 1 aromatic carbocycles. The molecule has 2 aliphatic rings. The number of fused-ring (bicyclic) bond motifs is 1. The maximum atomic E-state index is 14.4. The highest BCUT2D eigenvalue weighted by atomic mass is 32.2. The molecule has 2 saturated heterocycles. The second-order valence-electron chi connectivity index (χ2n) is 6.12. The quantitative estimate of drug-likeness (QED) is 0.835. The molecule has 1 aromatic heterocycles. The molecule has 0 bridgehead atoms. The molecule has 0 aliphatic carbocycles. The zero-order chi connectivity index (χ0) is 16.5. The van der Waals surface area contributed by atoms with E-state index in [4.69, 9.17) is 0 Å². The summed E-state index contributed by atoms with van der Waals surface area (Å²) in [6.45, 7) is 2.32. The van der Waals surface area contributed by atoms with Gasteiger partial charge in [0, 0.05) is 31.1 Å². The number of halogens is 1. The third kappa shape index (κ3) is 2.70. The lowest BCUT2D eigenvalue weighted by molar-refractivity contribution is -0.132. The SMILES string of the molecule is O=C(C1CCCN1c1ncnc2cccc(F)c12)N1CCSCC1. The minimum Gasteiger partial charge on any atom is -0.344 e. The fraction of sp³-hybridized carbons (Fsp3) is 0.471. The molecule has 1 atom stereocenters. The van der Waals surface area contributed by atoms with E-state index in [1.165, 1.54) is 12.4 Å². The average molecular weight is 346 g/mol. The predicted octanol–water partition coefficient (Wildman–Crippen LogP) is 2.31. The van der Waals surface area contributed by atoms with Crippen molar-refractivity contribution in [2.24, 2.45) is 0 Å². The van der Waals surface area contributed by atoms with Crippen LogP contribution in [-0.2, 0) is 4.79 Å². The molecule has 0 N–H and O–H groups in total. The fourth-order valence-electron chi connectivity index (χ4n) is 3.54. The number of carbonyl (C=O) groups is 1. The first-order chi connectivity index (χ1) is 11.8. The standard InChI is InChI=1S/C17H19FN4OS/c18-12-3-1-4-13-15(12)16(20-11-19-13)22-6-2-5-14(22)17(23)21-7-9-24-10-8-21/h1,3-4,11,14H,2,5-10H2. The lowest BCUT2D eigenvalue weighted by atomic mass is 10.1. The van der Waals surface area contributed by atoms with Gasteiger partial charge in [-0.3, -0.25) is 4.79 Å². The van der Waals surface area contributed by atoms with Crippen LogP contribution in [-0.4, -0.2) is 58.0 Å². The Labute approximate surface area is 144 Å². The summed E-state index contributed by atoms with van der Waals surface area (Å²) in [6.07, 6.45) is 3.16. The largest absolute Gasteiger partial charge is 0.344 e. The highest BCUT2D eigenvalue weighted by molar-refractivity contribution is 7.99. The molecule has 5 nitrogen and oxygen atoms in total. The molecule has 2 aliphatic heterocycles. The number of thioether (sulfide) groups is 1. The van der Waals surface area contributed by atoms with E-state index in [-0.39, 0.29) is 17.8 Å². The monoisotopic (exact) mass is 346 g/mol. The molecule has 2 aromatic rings. The van der Waals surface area contributed by atoms with E-state index in [2.05, 4.69) is 9.97 Å². The van der Waals surface area contributed by atoms with Crippen molar-refractivity contribution in [2.75, 3.05) is 36.0 Å². The third-order valence-corrected chi connectivity index (χ3v) is 5.67. The van der Waals surface area contributed by atoms with Crippen molar-refractivity contribution in [3.63, 3.8) is 0 Å². The van der Waals surface area contributed by atoms with Crippen LogP contribution in [0.5, 0.6) is 0 Å². The number of hydrogen-bond acceptors (Lipinski definition) is 5. The Balaban J connectivity index is 1.69. The summed E-state index contributed by atoms with van der Waals surface area (Å²) in [5.41, 5.74) is 0.576. The van der Waals surface area contributed by atoms with Gasteiger partial charge in [-0.2, -0.15) is 11.8 Å². The normalized spacial score (nSPS) is 21.5. The van der Waals surface area contributed by atoms with Crippen LogP contribution in [0.4, 0.5) is 10.2 Å². The van der Waals surface area contributed by atoms with Crippen LogP contribution in [0.1, 0.15) is 12.8 Å². The van der Waals surface area contributed by atoms with Crippen molar-refractivity contribution >= 4 is 34.4 Å². The highest BCUT2D eigenvalue weighted by Gasteiger charge is 2.36. The Morgan fingerprint density at radius 2 is 2.04 bits per heavy atom. The number of aromatic nitrogens is 2. The van der Waals surface area contributed by atoms with E-state index in [0.717, 1.165) is 44.0 Å². The number of benzene rings is 1. The van der Waals surface area contributed by atoms with Crippen molar-refractivity contribution in [1.29, 1.82) is 0 Å². The number of carbonyl (C=O) groups excluding carboxylic acids is 1. The molecular weight excluding hydrogens is 327 g/mol. The van der Waals surface area contributed by atoms with Crippen LogP contribution in [0.15, 0.2) is 24.5 Å². The summed E-state index contributed by atoms with van der Waals surface area (Å²) < 4.78 is 14.4. The predicted molar refractivity (Wildman–Crippen MR) is 93.8 cm³/mol. The summed E-state index contributed by atoms with van der Waals surface area (Å²) in [4.78, 5) is 25.3. The van der Waals surface area contributed by atoms with Crippen molar-refractivity contribution in [3.8, 4) is 0 Å². The van der Waals surface area contributed by atoms with Gasteiger partial charge in [0.05, 0.1) is 10.9 Å². The molecule has 0 radical (unpaired) electrons. The fourth-order valence-corrected chi connectivity index (χ4v) is 4.44. The molecular formula is C17H19FN4OS. The first kappa shape index (κ1) is 15.6. The molecule has 1 amide bonds. The summed E-state index contributed by atoms with van der Waals surface area (Å²) in [5.74, 6) is 2.33. The van der Waals surface area contributed by atoms with Crippen molar-refractivity contribution in [1.82, 2.24) is 14.9 Å². The second kappa shape index (κ2) is 6.55. The lowest BCUT2D eigenvalue weighted by Crippen LogP contribution is -2.48. The van der Waals surface area contributed by atoms with Gasteiger partial charge in [0.25, 0.3) is 0 Å². The number of amides is 1. The molecule has 7 heteroatoms. The summed E-state index contributed by atoms with van der Waals surface area (Å²) in [5, 5.41) is 0.411. The van der Waals surface area contributed by atoms with Crippen LogP contribution in [0.2, 0.25) is 0 Å². The number of hydrogen-bond donors (Lipinski definition) is 0. The van der Waals surface area contributed by atoms with Crippen LogP contribution >= 0.6 is 11.8 Å². The van der Waals surface area contributed by atoms with Gasteiger partial charge in [0.1, 0.15) is 24.0 Å². The Hall–Kier alpha value is -1.89. The molecule has 0 spiro atoms. The third-order valence-electron chi connectivity index (χ3n) is 4.72. The van der Waals surface area contributed by atoms with Gasteiger partial charge in [-0.1, -0.05) is 6.07 Å². The van der Waals surface area contributed by atoms with Crippen molar-refractivity contribution in [2.45, 2.75) is 18.9 Å². The van der Waals surface area contributed by atoms with Gasteiger partial charge in [-0.25, -0.2) is 14.4 Å². The van der Waals surface area contributed by atoms with Crippen molar-refractivity contribution in [3.05, 3.63) is 30.3 Å². The Bertz CT molecular complexity index is 760. The summed E-state index contributed by atoms with van der Waals surface area (Å²) in [6, 6.07) is 4.60. The van der Waals surface area contributed by atoms with E-state index in [9.17, 15) is 9.18 Å². The minimum absolute atomic E-state index is 0.149. The van der Waals surface area contributed by atoms with E-state index in [1.807, 2.05) is 21.6 Å². The Morgan fingerprint density at radius 3 is 2.88 bits per heavy atom. The van der Waals surface area contributed by atoms with E-state index < -0.39 is 0 Å². The Kier molecular flexibility index (Phi) is 4.26. The topological polar surface area (TPSA) is 49.3 Å². The van der Waals surface area contributed by atoms with Gasteiger partial charge in [0.15, 0.2) is 0 Å². The van der Waals surface area contributed by atoms with Crippen LogP contribution in [0, 0.1) is 5.82 Å². The zero-order valence-electron chi connectivity index (χ0n) is 13.3. The lowest BCUT2D eigenvalue weighted by Gasteiger charge is -2.33. The van der Waals surface area contributed by atoms with Gasteiger partial charge >= 0.3 is 0 Å². The highest BCUT2D eigenvalue weighted by Crippen LogP contribution is 2.32. The average Bonchev–Trinajstić information content (AvgIpc) is 3.11. The molecule has 126 valence electrons. The van der Waals surface area contributed by atoms with E-state index in [0.29, 0.717) is 16.7 Å².